The molecule has 1 amide bonds. The smallest absolute Gasteiger partial charge is 0.256 e. The summed E-state index contributed by atoms with van der Waals surface area (Å²) < 4.78 is 22.7. The van der Waals surface area contributed by atoms with E-state index in [1.807, 2.05) is 43.6 Å². The number of carbonyl (C=O) groups excluding carboxylic acids is 2. The lowest BCUT2D eigenvalue weighted by Gasteiger charge is -2.62. The van der Waals surface area contributed by atoms with Gasteiger partial charge < -0.3 is 25.6 Å². The van der Waals surface area contributed by atoms with Crippen LogP contribution in [0.25, 0.3) is 0 Å². The summed E-state index contributed by atoms with van der Waals surface area (Å²) >= 11 is 0. The van der Waals surface area contributed by atoms with Crippen molar-refractivity contribution in [3.05, 3.63) is 47.7 Å². The Hall–Kier alpha value is -2.29. The number of alkyl halides is 1. The third-order valence-corrected chi connectivity index (χ3v) is 10.0. The number of ketones is 1. The van der Waals surface area contributed by atoms with E-state index < -0.39 is 24.2 Å². The number of amides is 1. The lowest BCUT2D eigenvalue weighted by molar-refractivity contribution is -0.215. The van der Waals surface area contributed by atoms with Crippen LogP contribution < -0.4 is 16.0 Å². The van der Waals surface area contributed by atoms with Crippen LogP contribution in [-0.4, -0.2) is 73.2 Å². The average Bonchev–Trinajstić information content (AvgIpc) is 2.96. The van der Waals surface area contributed by atoms with E-state index in [0.29, 0.717) is 24.9 Å². The van der Waals surface area contributed by atoms with E-state index in [1.54, 1.807) is 0 Å². The molecule has 3 N–H and O–H groups in total. The first-order valence-electron chi connectivity index (χ1n) is 15.1. The van der Waals surface area contributed by atoms with Gasteiger partial charge in [-0.1, -0.05) is 49.6 Å². The predicted molar refractivity (Wildman–Crippen MR) is 147 cm³/mol. The number of benzene rings is 1. The molecule has 7 nitrogen and oxygen atoms in total. The number of morpholine rings is 1. The number of nitrogens with one attached hydrogen (secondary N) is 3. The molecule has 1 aromatic carbocycles. The second kappa shape index (κ2) is 11.7. The van der Waals surface area contributed by atoms with Gasteiger partial charge in [0.2, 0.25) is 0 Å². The molecule has 9 unspecified atom stereocenters. The van der Waals surface area contributed by atoms with Gasteiger partial charge in [0.1, 0.15) is 6.17 Å². The van der Waals surface area contributed by atoms with E-state index in [-0.39, 0.29) is 41.9 Å². The molecule has 5 aliphatic rings. The Labute approximate surface area is 231 Å². The lowest BCUT2D eigenvalue weighted by atomic mass is 9.63. The molecule has 1 saturated heterocycles. The fraction of sp³-hybridized carbons (Fsp3) is 0.677. The summed E-state index contributed by atoms with van der Waals surface area (Å²) in [7, 11) is 1.92. The summed E-state index contributed by atoms with van der Waals surface area (Å²) in [5.41, 5.74) is 1.15. The monoisotopic (exact) mass is 538 g/mol. The van der Waals surface area contributed by atoms with E-state index >= 15 is 4.39 Å². The Morgan fingerprint density at radius 3 is 2.72 bits per heavy atom. The number of ether oxygens (including phenoxy) is 1. The molecule has 39 heavy (non-hydrogen) atoms. The highest BCUT2D eigenvalue weighted by atomic mass is 19.1. The van der Waals surface area contributed by atoms with Crippen molar-refractivity contribution in [1.82, 2.24) is 20.9 Å². The zero-order valence-corrected chi connectivity index (χ0v) is 23.0. The summed E-state index contributed by atoms with van der Waals surface area (Å²) in [5, 5.41) is 9.56. The first-order chi connectivity index (χ1) is 19.1. The average molecular weight is 539 g/mol. The van der Waals surface area contributed by atoms with Crippen molar-refractivity contribution in [3.63, 3.8) is 0 Å². The fourth-order valence-corrected chi connectivity index (χ4v) is 8.22. The first-order valence-corrected chi connectivity index (χ1v) is 15.1. The second-order valence-electron chi connectivity index (χ2n) is 12.2. The first kappa shape index (κ1) is 26.9. The largest absolute Gasteiger partial charge is 0.369 e. The quantitative estimate of drug-likeness (QED) is 0.349. The molecule has 2 heterocycles. The minimum absolute atomic E-state index is 0.00348. The van der Waals surface area contributed by atoms with Gasteiger partial charge in [-0.2, -0.15) is 0 Å². The number of rotatable bonds is 8. The number of halogens is 1. The lowest BCUT2D eigenvalue weighted by Crippen LogP contribution is -2.74. The molecule has 0 aromatic heterocycles. The van der Waals surface area contributed by atoms with Crippen molar-refractivity contribution in [2.75, 3.05) is 20.1 Å². The van der Waals surface area contributed by atoms with Gasteiger partial charge >= 0.3 is 0 Å². The zero-order valence-electron chi connectivity index (χ0n) is 23.0. The van der Waals surface area contributed by atoms with Crippen molar-refractivity contribution in [3.8, 4) is 0 Å². The van der Waals surface area contributed by atoms with Crippen LogP contribution in [-0.2, 0) is 20.9 Å². The van der Waals surface area contributed by atoms with Crippen molar-refractivity contribution >= 4 is 11.7 Å². The number of Topliss-reactive ketones (excluding diaryl/α,β-unsaturated/α-hetero) is 1. The van der Waals surface area contributed by atoms with E-state index in [0.717, 1.165) is 37.8 Å². The van der Waals surface area contributed by atoms with Gasteiger partial charge in [-0.25, -0.2) is 4.39 Å². The van der Waals surface area contributed by atoms with Crippen LogP contribution in [0.15, 0.2) is 42.1 Å². The van der Waals surface area contributed by atoms with Gasteiger partial charge in [-0.05, 0) is 69.6 Å². The Morgan fingerprint density at radius 2 is 1.90 bits per heavy atom. The van der Waals surface area contributed by atoms with Crippen LogP contribution in [0.1, 0.15) is 56.9 Å². The Bertz CT molecular complexity index is 1070. The topological polar surface area (TPSA) is 82.7 Å². The van der Waals surface area contributed by atoms with E-state index in [1.165, 1.54) is 19.3 Å². The molecule has 0 spiro atoms. The highest BCUT2D eigenvalue weighted by Gasteiger charge is 2.60. The minimum atomic E-state index is -1.20. The number of hydrogen-bond acceptors (Lipinski definition) is 6. The number of hydrogen-bond donors (Lipinski definition) is 3. The van der Waals surface area contributed by atoms with Crippen LogP contribution in [0.5, 0.6) is 0 Å². The third kappa shape index (κ3) is 5.16. The van der Waals surface area contributed by atoms with Gasteiger partial charge in [-0.3, -0.25) is 9.59 Å². The molecular formula is C31H43FN4O3. The maximum absolute atomic E-state index is 15.8. The van der Waals surface area contributed by atoms with Crippen molar-refractivity contribution in [2.24, 2.45) is 17.8 Å². The van der Waals surface area contributed by atoms with Gasteiger partial charge in [0.05, 0.1) is 35.9 Å². The molecule has 212 valence electrons. The van der Waals surface area contributed by atoms with Crippen LogP contribution in [0.4, 0.5) is 4.39 Å². The molecule has 3 aliphatic carbocycles. The molecule has 9 atom stereocenters. The summed E-state index contributed by atoms with van der Waals surface area (Å²) in [4.78, 5) is 29.6. The van der Waals surface area contributed by atoms with Gasteiger partial charge in [-0.15, -0.1) is 0 Å². The summed E-state index contributed by atoms with van der Waals surface area (Å²) in [6.45, 7) is 1.90. The third-order valence-electron chi connectivity index (χ3n) is 10.0. The molecule has 1 aromatic rings. The Kier molecular flexibility index (Phi) is 8.05. The number of fused-ring (bicyclic) bond motifs is 4. The highest BCUT2D eigenvalue weighted by Crippen LogP contribution is 2.51. The number of carbonyl (C=O) groups is 2. The Balaban J connectivity index is 1.31. The molecular weight excluding hydrogens is 495 g/mol. The predicted octanol–water partition coefficient (Wildman–Crippen LogP) is 3.10. The summed E-state index contributed by atoms with van der Waals surface area (Å²) in [6, 6.07) is 9.15. The van der Waals surface area contributed by atoms with Gasteiger partial charge in [0, 0.05) is 18.7 Å². The molecule has 4 fully saturated rings. The van der Waals surface area contributed by atoms with Crippen molar-refractivity contribution < 1.29 is 18.7 Å². The summed E-state index contributed by atoms with van der Waals surface area (Å²) in [5.74, 6) is -0.0233. The molecule has 0 bridgehead atoms. The molecule has 8 heteroatoms. The number of nitrogens with zero attached hydrogens (tertiary/aromatic N) is 1. The van der Waals surface area contributed by atoms with E-state index in [2.05, 4.69) is 20.9 Å². The van der Waals surface area contributed by atoms with E-state index in [9.17, 15) is 9.59 Å². The molecule has 2 aliphatic heterocycles. The second-order valence-corrected chi connectivity index (χ2v) is 12.2. The highest BCUT2D eigenvalue weighted by molar-refractivity contribution is 6.20. The normalized spacial score (nSPS) is 37.3. The maximum Gasteiger partial charge on any atom is 0.256 e. The molecule has 3 saturated carbocycles. The fourth-order valence-electron chi connectivity index (χ4n) is 8.22. The van der Waals surface area contributed by atoms with Gasteiger partial charge in [0.25, 0.3) is 5.91 Å². The van der Waals surface area contributed by atoms with Crippen LogP contribution in [0.3, 0.4) is 0 Å². The van der Waals surface area contributed by atoms with Crippen molar-refractivity contribution in [2.45, 2.75) is 94.4 Å². The van der Waals surface area contributed by atoms with E-state index in [4.69, 9.17) is 4.74 Å². The molecule has 6 rings (SSSR count). The standard InChI is InChI=1S/C31H43FN4O3/c1-33-14-7-15-34-26-24(32)16-22-28-30(26)39-25-13-12-20-10-5-6-11-21(20)27(25)36(28)18-23(29(22)37)31(38)35-17-19-8-3-2-4-9-19/h2-4,8-9,18,20-22,24-28,30,33-34H,5-7,10-17H2,1H3,(H,35,38). The van der Waals surface area contributed by atoms with Crippen LogP contribution in [0.2, 0.25) is 0 Å². The Morgan fingerprint density at radius 1 is 1.08 bits per heavy atom. The van der Waals surface area contributed by atoms with Crippen LogP contribution >= 0.6 is 0 Å². The minimum Gasteiger partial charge on any atom is -0.369 e. The molecule has 0 radical (unpaired) electrons. The van der Waals surface area contributed by atoms with Crippen LogP contribution in [0, 0.1) is 17.8 Å². The SMILES string of the molecule is CNCCCNC1C(F)CC2C(=O)C(C(=O)NCc3ccccc3)=CN3C4C(CCC5CCCCC54)OC1C23. The van der Waals surface area contributed by atoms with Gasteiger partial charge in [0.15, 0.2) is 5.78 Å². The van der Waals surface area contributed by atoms with Crippen molar-refractivity contribution in [1.29, 1.82) is 0 Å². The zero-order chi connectivity index (χ0) is 26.9. The maximum atomic E-state index is 15.8. The summed E-state index contributed by atoms with van der Waals surface area (Å²) in [6.07, 6.45) is 8.24.